The van der Waals surface area contributed by atoms with Gasteiger partial charge in [0.25, 0.3) is 11.8 Å². The number of anilines is 2. The zero-order valence-corrected chi connectivity index (χ0v) is 21.7. The number of thiazole rings is 1. The minimum atomic E-state index is -0.183. The Morgan fingerprint density at radius 2 is 1.84 bits per heavy atom. The van der Waals surface area contributed by atoms with E-state index in [4.69, 9.17) is 4.98 Å². The molecule has 1 aliphatic carbocycles. The van der Waals surface area contributed by atoms with Crippen molar-refractivity contribution < 1.29 is 9.59 Å². The van der Waals surface area contributed by atoms with E-state index in [9.17, 15) is 9.59 Å². The van der Waals surface area contributed by atoms with E-state index in [2.05, 4.69) is 20.9 Å². The first-order valence-electron chi connectivity index (χ1n) is 12.6. The number of amides is 2. The highest BCUT2D eigenvalue weighted by molar-refractivity contribution is 7.18. The Morgan fingerprint density at radius 1 is 1.00 bits per heavy atom. The number of fused-ring (bicyclic) bond motifs is 1. The number of H-pyrrole nitrogens is 1. The van der Waals surface area contributed by atoms with Gasteiger partial charge in [0, 0.05) is 46.5 Å². The van der Waals surface area contributed by atoms with Gasteiger partial charge in [-0.3, -0.25) is 9.59 Å². The molecule has 1 aliphatic rings. The van der Waals surface area contributed by atoms with Crippen molar-refractivity contribution in [2.24, 2.45) is 0 Å². The van der Waals surface area contributed by atoms with E-state index in [-0.39, 0.29) is 17.9 Å². The molecule has 0 aliphatic heterocycles. The molecule has 38 heavy (non-hydrogen) atoms. The number of nitrogens with zero attached hydrogens (tertiary/aromatic N) is 1. The maximum absolute atomic E-state index is 13.4. The Balaban J connectivity index is 1.32. The van der Waals surface area contributed by atoms with Crippen LogP contribution >= 0.6 is 11.3 Å². The summed E-state index contributed by atoms with van der Waals surface area (Å²) < 4.78 is 0. The summed E-state index contributed by atoms with van der Waals surface area (Å²) in [5.41, 5.74) is 5.89. The number of hydrogen-bond donors (Lipinski definition) is 4. The number of hydrogen-bond acceptors (Lipinski definition) is 5. The quantitative estimate of drug-likeness (QED) is 0.196. The highest BCUT2D eigenvalue weighted by Crippen LogP contribution is 2.35. The van der Waals surface area contributed by atoms with Crippen LogP contribution in [-0.4, -0.2) is 27.8 Å². The third kappa shape index (κ3) is 5.17. The minimum absolute atomic E-state index is 0.0730. The summed E-state index contributed by atoms with van der Waals surface area (Å²) in [5.74, 6) is -0.256. The smallest absolute Gasteiger partial charge is 0.264 e. The molecular weight excluding hydrogens is 494 g/mol. The fraction of sp³-hybridized carbons (Fsp3) is 0.167. The monoisotopic (exact) mass is 521 g/mol. The first-order valence-corrected chi connectivity index (χ1v) is 13.4. The van der Waals surface area contributed by atoms with Gasteiger partial charge in [-0.15, -0.1) is 0 Å². The van der Waals surface area contributed by atoms with Crippen LogP contribution in [0.1, 0.15) is 44.0 Å². The molecule has 6 rings (SSSR count). The molecular formula is C30H27N5O2S. The largest absolute Gasteiger partial charge is 0.361 e. The summed E-state index contributed by atoms with van der Waals surface area (Å²) in [6.07, 6.45) is 3.97. The van der Waals surface area contributed by atoms with E-state index in [0.717, 1.165) is 46.1 Å². The van der Waals surface area contributed by atoms with Gasteiger partial charge < -0.3 is 20.9 Å². The van der Waals surface area contributed by atoms with Crippen LogP contribution in [0.4, 0.5) is 10.8 Å². The van der Waals surface area contributed by atoms with Crippen molar-refractivity contribution in [1.82, 2.24) is 20.6 Å². The van der Waals surface area contributed by atoms with E-state index < -0.39 is 0 Å². The second-order valence-electron chi connectivity index (χ2n) is 9.55. The summed E-state index contributed by atoms with van der Waals surface area (Å²) in [7, 11) is 0. The van der Waals surface area contributed by atoms with Gasteiger partial charge in [0.05, 0.1) is 5.69 Å². The van der Waals surface area contributed by atoms with Gasteiger partial charge in [0.15, 0.2) is 5.13 Å². The van der Waals surface area contributed by atoms with Crippen molar-refractivity contribution >= 4 is 44.9 Å². The van der Waals surface area contributed by atoms with Gasteiger partial charge in [0.2, 0.25) is 0 Å². The molecule has 190 valence electrons. The van der Waals surface area contributed by atoms with E-state index in [1.807, 2.05) is 85.9 Å². The van der Waals surface area contributed by atoms with Crippen LogP contribution in [0.2, 0.25) is 0 Å². The molecule has 1 saturated carbocycles. The van der Waals surface area contributed by atoms with Crippen LogP contribution in [-0.2, 0) is 6.54 Å². The molecule has 5 aromatic rings. The summed E-state index contributed by atoms with van der Waals surface area (Å²) in [5, 5.41) is 11.1. The molecule has 0 radical (unpaired) electrons. The third-order valence-electron chi connectivity index (χ3n) is 6.61. The molecule has 0 bridgehead atoms. The molecule has 0 unspecified atom stereocenters. The molecule has 8 heteroatoms. The Morgan fingerprint density at radius 3 is 2.66 bits per heavy atom. The lowest BCUT2D eigenvalue weighted by molar-refractivity contribution is 0.0944. The summed E-state index contributed by atoms with van der Waals surface area (Å²) in [6.45, 7) is 2.40. The van der Waals surface area contributed by atoms with E-state index in [0.29, 0.717) is 27.8 Å². The van der Waals surface area contributed by atoms with Gasteiger partial charge >= 0.3 is 0 Å². The Kier molecular flexibility index (Phi) is 6.39. The third-order valence-corrected chi connectivity index (χ3v) is 7.58. The zero-order valence-electron chi connectivity index (χ0n) is 20.9. The standard InChI is InChI=1S/C30H27N5O2S/c1-18-7-8-22(28(36)33-23-10-11-23)16-25(18)34-30-35-26(21-9-12-24-20(15-21)13-14-31-24)27(38-30)29(37)32-17-19-5-3-2-4-6-19/h2-9,12-16,23,31H,10-11,17H2,1H3,(H,32,37)(H,33,36)(H,34,35). The van der Waals surface area contributed by atoms with Crippen molar-refractivity contribution in [2.45, 2.75) is 32.4 Å². The van der Waals surface area contributed by atoms with Crippen LogP contribution in [0.3, 0.4) is 0 Å². The van der Waals surface area contributed by atoms with Gasteiger partial charge in [-0.25, -0.2) is 4.98 Å². The van der Waals surface area contributed by atoms with E-state index in [1.54, 1.807) is 0 Å². The number of rotatable bonds is 8. The molecule has 0 saturated heterocycles. The molecule has 2 amide bonds. The highest BCUT2D eigenvalue weighted by Gasteiger charge is 2.24. The summed E-state index contributed by atoms with van der Waals surface area (Å²) in [4.78, 5) is 34.6. The lowest BCUT2D eigenvalue weighted by Gasteiger charge is -2.10. The van der Waals surface area contributed by atoms with Crippen LogP contribution < -0.4 is 16.0 Å². The molecule has 2 heterocycles. The topological polar surface area (TPSA) is 98.9 Å². The molecule has 2 aromatic heterocycles. The number of aromatic nitrogens is 2. The first-order chi connectivity index (χ1) is 18.5. The SMILES string of the molecule is Cc1ccc(C(=O)NC2CC2)cc1Nc1nc(-c2ccc3[nH]ccc3c2)c(C(=O)NCc2ccccc2)s1. The van der Waals surface area contributed by atoms with Gasteiger partial charge in [-0.05, 0) is 61.2 Å². The fourth-order valence-electron chi connectivity index (χ4n) is 4.29. The molecule has 0 atom stereocenters. The lowest BCUT2D eigenvalue weighted by atomic mass is 10.1. The number of nitrogens with one attached hydrogen (secondary N) is 4. The number of carbonyl (C=O) groups is 2. The predicted octanol–water partition coefficient (Wildman–Crippen LogP) is 6.17. The molecule has 4 N–H and O–H groups in total. The van der Waals surface area contributed by atoms with Crippen molar-refractivity contribution in [3.05, 3.63) is 101 Å². The van der Waals surface area contributed by atoms with Gasteiger partial charge in [0.1, 0.15) is 4.88 Å². The maximum atomic E-state index is 13.4. The average Bonchev–Trinajstić information content (AvgIpc) is 3.44. The van der Waals surface area contributed by atoms with Crippen LogP contribution in [0.15, 0.2) is 79.0 Å². The second kappa shape index (κ2) is 10.1. The van der Waals surface area contributed by atoms with Crippen molar-refractivity contribution in [1.29, 1.82) is 0 Å². The average molecular weight is 522 g/mol. The predicted molar refractivity (Wildman–Crippen MR) is 152 cm³/mol. The number of carbonyl (C=O) groups excluding carboxylic acids is 2. The Labute approximate surface area is 224 Å². The molecule has 1 fully saturated rings. The van der Waals surface area contributed by atoms with Gasteiger partial charge in [-0.2, -0.15) is 0 Å². The normalized spacial score (nSPS) is 12.9. The molecule has 3 aromatic carbocycles. The first kappa shape index (κ1) is 23.9. The fourth-order valence-corrected chi connectivity index (χ4v) is 5.21. The van der Waals surface area contributed by atoms with E-state index >= 15 is 0 Å². The van der Waals surface area contributed by atoms with Crippen molar-refractivity contribution in [3.8, 4) is 11.3 Å². The molecule has 7 nitrogen and oxygen atoms in total. The van der Waals surface area contributed by atoms with E-state index in [1.165, 1.54) is 11.3 Å². The summed E-state index contributed by atoms with van der Waals surface area (Å²) in [6, 6.07) is 23.7. The number of aryl methyl sites for hydroxylation is 1. The minimum Gasteiger partial charge on any atom is -0.361 e. The Hall–Kier alpha value is -4.43. The van der Waals surface area contributed by atoms with Crippen LogP contribution in [0.5, 0.6) is 0 Å². The second-order valence-corrected chi connectivity index (χ2v) is 10.5. The number of aromatic amines is 1. The molecule has 0 spiro atoms. The van der Waals surface area contributed by atoms with Crippen molar-refractivity contribution in [2.75, 3.05) is 5.32 Å². The summed E-state index contributed by atoms with van der Waals surface area (Å²) >= 11 is 1.30. The van der Waals surface area contributed by atoms with Crippen LogP contribution in [0, 0.1) is 6.92 Å². The maximum Gasteiger partial charge on any atom is 0.264 e. The van der Waals surface area contributed by atoms with Crippen molar-refractivity contribution in [3.63, 3.8) is 0 Å². The lowest BCUT2D eigenvalue weighted by Crippen LogP contribution is -2.25. The van der Waals surface area contributed by atoms with Gasteiger partial charge in [-0.1, -0.05) is 53.8 Å². The zero-order chi connectivity index (χ0) is 26.1. The highest BCUT2D eigenvalue weighted by atomic mass is 32.1. The van der Waals surface area contributed by atoms with Crippen LogP contribution in [0.25, 0.3) is 22.2 Å². The number of benzene rings is 3. The Bertz CT molecular complexity index is 1640.